The summed E-state index contributed by atoms with van der Waals surface area (Å²) < 4.78 is 5.15. The Morgan fingerprint density at radius 3 is 2.08 bits per heavy atom. The van der Waals surface area contributed by atoms with Crippen molar-refractivity contribution in [2.45, 2.75) is 52.1 Å². The highest BCUT2D eigenvalue weighted by Crippen LogP contribution is 2.07. The van der Waals surface area contributed by atoms with E-state index in [0.29, 0.717) is 24.2 Å². The number of benzene rings is 1. The first-order valence-electron chi connectivity index (χ1n) is 8.57. The topological polar surface area (TPSA) is 91.2 Å². The van der Waals surface area contributed by atoms with Crippen LogP contribution in [0.15, 0.2) is 24.3 Å². The number of hydrogen-bond donors (Lipinski definition) is 2. The second kappa shape index (κ2) is 10.3. The summed E-state index contributed by atoms with van der Waals surface area (Å²) in [5, 5.41) is 14.3. The molecule has 0 aromatic heterocycles. The van der Waals surface area contributed by atoms with Crippen LogP contribution in [0.1, 0.15) is 62.4 Å². The zero-order valence-electron chi connectivity index (χ0n) is 15.2. The lowest BCUT2D eigenvalue weighted by atomic mass is 10.1. The predicted octanol–water partition coefficient (Wildman–Crippen LogP) is 3.37. The Labute approximate surface area is 149 Å². The molecule has 0 radical (unpaired) electrons. The van der Waals surface area contributed by atoms with Gasteiger partial charge in [-0.25, -0.2) is 4.79 Å². The first-order valence-corrected chi connectivity index (χ1v) is 8.57. The van der Waals surface area contributed by atoms with Gasteiger partial charge < -0.3 is 15.4 Å². The summed E-state index contributed by atoms with van der Waals surface area (Å²) in [6, 6.07) is 8.58. The lowest BCUT2D eigenvalue weighted by Gasteiger charge is -2.19. The molecule has 0 aliphatic rings. The number of carbonyl (C=O) groups is 2. The molecule has 0 fully saturated rings. The highest BCUT2D eigenvalue weighted by atomic mass is 16.6. The van der Waals surface area contributed by atoms with E-state index in [0.717, 1.165) is 25.7 Å². The highest BCUT2D eigenvalue weighted by Gasteiger charge is 2.15. The monoisotopic (exact) mass is 345 g/mol. The normalized spacial score (nSPS) is 10.6. The molecule has 6 nitrogen and oxygen atoms in total. The molecule has 0 aliphatic heterocycles. The van der Waals surface area contributed by atoms with Gasteiger partial charge in [-0.3, -0.25) is 4.79 Å². The van der Waals surface area contributed by atoms with Gasteiger partial charge in [0, 0.05) is 18.7 Å². The molecule has 1 rings (SSSR count). The number of nitriles is 1. The Morgan fingerprint density at radius 2 is 1.56 bits per heavy atom. The maximum Gasteiger partial charge on any atom is 0.407 e. The Morgan fingerprint density at radius 1 is 1.00 bits per heavy atom. The van der Waals surface area contributed by atoms with E-state index in [9.17, 15) is 9.59 Å². The number of ether oxygens (including phenoxy) is 1. The van der Waals surface area contributed by atoms with Gasteiger partial charge in [0.1, 0.15) is 5.60 Å². The molecule has 0 bridgehead atoms. The van der Waals surface area contributed by atoms with Gasteiger partial charge in [0.05, 0.1) is 11.6 Å². The van der Waals surface area contributed by atoms with Crippen LogP contribution in [-0.4, -0.2) is 30.7 Å². The van der Waals surface area contributed by atoms with Gasteiger partial charge in [0.2, 0.25) is 0 Å². The lowest BCUT2D eigenvalue weighted by molar-refractivity contribution is 0.0526. The number of unbranched alkanes of at least 4 members (excludes halogenated alkanes) is 3. The van der Waals surface area contributed by atoms with E-state index in [-0.39, 0.29) is 12.0 Å². The van der Waals surface area contributed by atoms with Crippen LogP contribution in [-0.2, 0) is 4.74 Å². The molecule has 0 unspecified atom stereocenters. The SMILES string of the molecule is CC(C)(C)OC(=O)NCCCCCCNC(=O)c1ccc(C#N)cc1. The van der Waals surface area contributed by atoms with E-state index in [1.807, 2.05) is 26.8 Å². The molecule has 136 valence electrons. The van der Waals surface area contributed by atoms with Gasteiger partial charge in [-0.2, -0.15) is 5.26 Å². The summed E-state index contributed by atoms with van der Waals surface area (Å²) in [6.07, 6.45) is 3.32. The van der Waals surface area contributed by atoms with Crippen molar-refractivity contribution in [3.8, 4) is 6.07 Å². The zero-order valence-corrected chi connectivity index (χ0v) is 15.2. The van der Waals surface area contributed by atoms with Crippen LogP contribution in [0.25, 0.3) is 0 Å². The molecule has 0 heterocycles. The number of alkyl carbamates (subject to hydrolysis) is 1. The van der Waals surface area contributed by atoms with E-state index < -0.39 is 5.60 Å². The Balaban J connectivity index is 2.05. The van der Waals surface area contributed by atoms with Gasteiger partial charge in [0.25, 0.3) is 5.91 Å². The lowest BCUT2D eigenvalue weighted by Crippen LogP contribution is -2.33. The summed E-state index contributed by atoms with van der Waals surface area (Å²) in [6.45, 7) is 6.70. The molecular formula is C19H27N3O3. The van der Waals surface area contributed by atoms with Crippen LogP contribution < -0.4 is 10.6 Å². The predicted molar refractivity (Wildman–Crippen MR) is 96.2 cm³/mol. The molecule has 1 aromatic rings. The van der Waals surface area contributed by atoms with Crippen molar-refractivity contribution in [1.29, 1.82) is 5.26 Å². The maximum atomic E-state index is 11.9. The van der Waals surface area contributed by atoms with E-state index in [4.69, 9.17) is 10.00 Å². The summed E-state index contributed by atoms with van der Waals surface area (Å²) in [4.78, 5) is 23.4. The zero-order chi connectivity index (χ0) is 18.7. The molecule has 0 spiro atoms. The van der Waals surface area contributed by atoms with Crippen molar-refractivity contribution in [2.75, 3.05) is 13.1 Å². The molecule has 0 saturated carbocycles. The molecular weight excluding hydrogens is 318 g/mol. The third-order valence-electron chi connectivity index (χ3n) is 3.33. The number of nitrogens with one attached hydrogen (secondary N) is 2. The number of nitrogens with zero attached hydrogens (tertiary/aromatic N) is 1. The number of carbonyl (C=O) groups excluding carboxylic acids is 2. The summed E-state index contributed by atoms with van der Waals surface area (Å²) >= 11 is 0. The molecule has 1 aromatic carbocycles. The minimum absolute atomic E-state index is 0.129. The van der Waals surface area contributed by atoms with Crippen LogP contribution in [0.2, 0.25) is 0 Å². The Hall–Kier alpha value is -2.55. The largest absolute Gasteiger partial charge is 0.444 e. The van der Waals surface area contributed by atoms with Crippen molar-refractivity contribution in [3.63, 3.8) is 0 Å². The van der Waals surface area contributed by atoms with E-state index in [2.05, 4.69) is 10.6 Å². The van der Waals surface area contributed by atoms with E-state index in [1.165, 1.54) is 0 Å². The molecule has 2 N–H and O–H groups in total. The third-order valence-corrected chi connectivity index (χ3v) is 3.33. The quantitative estimate of drug-likeness (QED) is 0.707. The molecule has 0 atom stereocenters. The van der Waals surface area contributed by atoms with Crippen molar-refractivity contribution in [3.05, 3.63) is 35.4 Å². The molecule has 25 heavy (non-hydrogen) atoms. The van der Waals surface area contributed by atoms with Crippen LogP contribution in [0.5, 0.6) is 0 Å². The molecule has 0 saturated heterocycles. The van der Waals surface area contributed by atoms with Crippen molar-refractivity contribution < 1.29 is 14.3 Å². The maximum absolute atomic E-state index is 11.9. The fraction of sp³-hybridized carbons (Fsp3) is 0.526. The second-order valence-electron chi connectivity index (χ2n) is 6.79. The van der Waals surface area contributed by atoms with E-state index >= 15 is 0 Å². The van der Waals surface area contributed by atoms with Gasteiger partial charge in [0.15, 0.2) is 0 Å². The fourth-order valence-electron chi connectivity index (χ4n) is 2.11. The number of amides is 2. The smallest absolute Gasteiger partial charge is 0.407 e. The Kier molecular flexibility index (Phi) is 8.48. The van der Waals surface area contributed by atoms with Crippen molar-refractivity contribution >= 4 is 12.0 Å². The minimum atomic E-state index is -0.475. The number of rotatable bonds is 8. The standard InChI is InChI=1S/C19H27N3O3/c1-19(2,3)25-18(24)22-13-7-5-4-6-12-21-17(23)16-10-8-15(14-20)9-11-16/h8-11H,4-7,12-13H2,1-3H3,(H,21,23)(H,22,24). The summed E-state index contributed by atoms with van der Waals surface area (Å²) in [5.74, 6) is -0.129. The number of hydrogen-bond acceptors (Lipinski definition) is 4. The van der Waals surface area contributed by atoms with Crippen LogP contribution in [0, 0.1) is 11.3 Å². The average molecular weight is 345 g/mol. The molecule has 2 amide bonds. The average Bonchev–Trinajstić information content (AvgIpc) is 2.55. The van der Waals surface area contributed by atoms with Gasteiger partial charge >= 0.3 is 6.09 Å². The van der Waals surface area contributed by atoms with Gasteiger partial charge in [-0.1, -0.05) is 12.8 Å². The van der Waals surface area contributed by atoms with Crippen LogP contribution in [0.3, 0.4) is 0 Å². The summed E-state index contributed by atoms with van der Waals surface area (Å²) in [5.41, 5.74) is 0.620. The van der Waals surface area contributed by atoms with E-state index in [1.54, 1.807) is 24.3 Å². The first kappa shape index (κ1) is 20.5. The van der Waals surface area contributed by atoms with Crippen LogP contribution >= 0.6 is 0 Å². The van der Waals surface area contributed by atoms with Gasteiger partial charge in [-0.05, 0) is 57.9 Å². The molecule has 0 aliphatic carbocycles. The Bertz CT molecular complexity index is 598. The summed E-state index contributed by atoms with van der Waals surface area (Å²) in [7, 11) is 0. The third kappa shape index (κ3) is 9.36. The van der Waals surface area contributed by atoms with Gasteiger partial charge in [-0.15, -0.1) is 0 Å². The highest BCUT2D eigenvalue weighted by molar-refractivity contribution is 5.94. The second-order valence-corrected chi connectivity index (χ2v) is 6.79. The van der Waals surface area contributed by atoms with Crippen LogP contribution in [0.4, 0.5) is 4.79 Å². The van der Waals surface area contributed by atoms with Crippen molar-refractivity contribution in [2.24, 2.45) is 0 Å². The minimum Gasteiger partial charge on any atom is -0.444 e. The van der Waals surface area contributed by atoms with Crippen molar-refractivity contribution in [1.82, 2.24) is 10.6 Å². The molecule has 6 heteroatoms. The first-order chi connectivity index (χ1) is 11.8. The fourth-order valence-corrected chi connectivity index (χ4v) is 2.11.